The van der Waals surface area contributed by atoms with E-state index >= 15 is 0 Å². The number of aromatic nitrogens is 4. The van der Waals surface area contributed by atoms with E-state index in [1.807, 2.05) is 10.9 Å². The molecule has 1 fully saturated rings. The number of hydrogen-bond acceptors (Lipinski definition) is 5. The van der Waals surface area contributed by atoms with Crippen molar-refractivity contribution in [1.29, 1.82) is 0 Å². The molecule has 1 N–H and O–H groups in total. The molecule has 2 aromatic heterocycles. The number of likely N-dealkylation sites (tertiary alicyclic amines) is 1. The van der Waals surface area contributed by atoms with Crippen molar-refractivity contribution in [2.24, 2.45) is 5.92 Å². The lowest BCUT2D eigenvalue weighted by atomic mass is 9.93. The maximum absolute atomic E-state index is 11.8. The highest BCUT2D eigenvalue weighted by Crippen LogP contribution is 2.24. The summed E-state index contributed by atoms with van der Waals surface area (Å²) in [6.07, 6.45) is 9.67. The minimum Gasteiger partial charge on any atom is -0.299 e. The van der Waals surface area contributed by atoms with Crippen LogP contribution in [0.25, 0.3) is 0 Å². The fourth-order valence-corrected chi connectivity index (χ4v) is 4.26. The quantitative estimate of drug-likeness (QED) is 0.852. The van der Waals surface area contributed by atoms with Crippen LogP contribution in [0.3, 0.4) is 0 Å². The zero-order valence-corrected chi connectivity index (χ0v) is 15.1. The van der Waals surface area contributed by atoms with Crippen LogP contribution in [0.1, 0.15) is 31.0 Å². The van der Waals surface area contributed by atoms with Crippen LogP contribution in [0.4, 0.5) is 0 Å². The number of H-pyrrole nitrogens is 1. The van der Waals surface area contributed by atoms with Gasteiger partial charge >= 0.3 is 0 Å². The smallest absolute Gasteiger partial charge is 0.178 e. The number of rotatable bonds is 6. The number of nitrogens with one attached hydrogen (secondary N) is 1. The maximum atomic E-state index is 11.8. The SMILES string of the molecule is CCn1cc(CN2CCC[C@H](Cc3[nH]ncc3S(C)(=O)=O)C2)cn1. The van der Waals surface area contributed by atoms with Gasteiger partial charge in [0.1, 0.15) is 4.90 Å². The van der Waals surface area contributed by atoms with Gasteiger partial charge in [0.25, 0.3) is 0 Å². The highest BCUT2D eigenvalue weighted by molar-refractivity contribution is 7.90. The monoisotopic (exact) mass is 351 g/mol. The van der Waals surface area contributed by atoms with E-state index in [1.54, 1.807) is 0 Å². The molecule has 1 aliphatic rings. The zero-order chi connectivity index (χ0) is 17.2. The number of piperidine rings is 1. The Labute approximate surface area is 143 Å². The average molecular weight is 351 g/mol. The van der Waals surface area contributed by atoms with Gasteiger partial charge in [-0.05, 0) is 38.6 Å². The average Bonchev–Trinajstić information content (AvgIpc) is 3.16. The number of aromatic amines is 1. The minimum absolute atomic E-state index is 0.337. The Balaban J connectivity index is 1.63. The number of sulfone groups is 1. The summed E-state index contributed by atoms with van der Waals surface area (Å²) in [5.74, 6) is 0.445. The van der Waals surface area contributed by atoms with E-state index < -0.39 is 9.84 Å². The molecule has 0 spiro atoms. The van der Waals surface area contributed by atoms with Crippen LogP contribution in [0.2, 0.25) is 0 Å². The Morgan fingerprint density at radius 3 is 2.92 bits per heavy atom. The van der Waals surface area contributed by atoms with Gasteiger partial charge in [-0.2, -0.15) is 10.2 Å². The fourth-order valence-electron chi connectivity index (χ4n) is 3.44. The topological polar surface area (TPSA) is 83.9 Å². The molecule has 0 radical (unpaired) electrons. The van der Waals surface area contributed by atoms with Crippen molar-refractivity contribution in [3.8, 4) is 0 Å². The molecule has 1 saturated heterocycles. The first kappa shape index (κ1) is 17.2. The summed E-state index contributed by atoms with van der Waals surface area (Å²) in [6, 6.07) is 0. The Bertz CT molecular complexity index is 780. The normalized spacial score (nSPS) is 19.7. The van der Waals surface area contributed by atoms with Crippen molar-refractivity contribution in [2.75, 3.05) is 19.3 Å². The van der Waals surface area contributed by atoms with E-state index in [0.717, 1.165) is 51.1 Å². The van der Waals surface area contributed by atoms with E-state index in [-0.39, 0.29) is 0 Å². The van der Waals surface area contributed by atoms with Gasteiger partial charge in [-0.1, -0.05) is 0 Å². The van der Waals surface area contributed by atoms with E-state index in [1.165, 1.54) is 18.0 Å². The summed E-state index contributed by atoms with van der Waals surface area (Å²) in [5.41, 5.74) is 1.97. The second-order valence-electron chi connectivity index (χ2n) is 6.64. The Kier molecular flexibility index (Phi) is 5.05. The molecular formula is C16H25N5O2S. The molecular weight excluding hydrogens is 326 g/mol. The lowest BCUT2D eigenvalue weighted by Gasteiger charge is -2.32. The van der Waals surface area contributed by atoms with Crippen molar-refractivity contribution in [2.45, 2.75) is 44.2 Å². The highest BCUT2D eigenvalue weighted by atomic mass is 32.2. The summed E-state index contributed by atoms with van der Waals surface area (Å²) < 4.78 is 25.6. The van der Waals surface area contributed by atoms with Crippen LogP contribution in [-0.2, 0) is 29.3 Å². The van der Waals surface area contributed by atoms with Crippen LogP contribution in [0.5, 0.6) is 0 Å². The molecule has 3 heterocycles. The molecule has 2 aromatic rings. The molecule has 1 aliphatic heterocycles. The number of hydrogen-bond donors (Lipinski definition) is 1. The lowest BCUT2D eigenvalue weighted by molar-refractivity contribution is 0.166. The van der Waals surface area contributed by atoms with Crippen LogP contribution in [-0.4, -0.2) is 52.6 Å². The molecule has 8 heteroatoms. The Hall–Kier alpha value is -1.67. The van der Waals surface area contributed by atoms with Crippen molar-refractivity contribution >= 4 is 9.84 Å². The number of aryl methyl sites for hydroxylation is 1. The predicted molar refractivity (Wildman–Crippen MR) is 91.3 cm³/mol. The summed E-state index contributed by atoms with van der Waals surface area (Å²) >= 11 is 0. The van der Waals surface area contributed by atoms with Gasteiger partial charge in [-0.3, -0.25) is 14.7 Å². The third kappa shape index (κ3) is 4.05. The van der Waals surface area contributed by atoms with E-state index in [0.29, 0.717) is 10.8 Å². The van der Waals surface area contributed by atoms with Gasteiger partial charge in [0.15, 0.2) is 9.84 Å². The molecule has 0 aromatic carbocycles. The Morgan fingerprint density at radius 1 is 1.38 bits per heavy atom. The molecule has 1 atom stereocenters. The third-order valence-electron chi connectivity index (χ3n) is 4.59. The van der Waals surface area contributed by atoms with E-state index in [2.05, 4.69) is 33.3 Å². The minimum atomic E-state index is -3.22. The van der Waals surface area contributed by atoms with Gasteiger partial charge in [0.2, 0.25) is 0 Å². The molecule has 0 bridgehead atoms. The summed E-state index contributed by atoms with van der Waals surface area (Å²) in [4.78, 5) is 2.77. The first-order valence-corrected chi connectivity index (χ1v) is 10.3. The fraction of sp³-hybridized carbons (Fsp3) is 0.625. The number of nitrogens with zero attached hydrogens (tertiary/aromatic N) is 4. The van der Waals surface area contributed by atoms with Crippen LogP contribution < -0.4 is 0 Å². The maximum Gasteiger partial charge on any atom is 0.178 e. The second-order valence-corrected chi connectivity index (χ2v) is 8.62. The second kappa shape index (κ2) is 7.06. The van der Waals surface area contributed by atoms with Crippen molar-refractivity contribution in [1.82, 2.24) is 24.9 Å². The zero-order valence-electron chi connectivity index (χ0n) is 14.3. The lowest BCUT2D eigenvalue weighted by Crippen LogP contribution is -2.35. The summed E-state index contributed by atoms with van der Waals surface area (Å²) in [5, 5.41) is 11.1. The highest BCUT2D eigenvalue weighted by Gasteiger charge is 2.24. The Morgan fingerprint density at radius 2 is 2.21 bits per heavy atom. The molecule has 0 saturated carbocycles. The molecule has 3 rings (SSSR count). The van der Waals surface area contributed by atoms with Gasteiger partial charge in [0.05, 0.1) is 18.1 Å². The largest absolute Gasteiger partial charge is 0.299 e. The van der Waals surface area contributed by atoms with Gasteiger partial charge in [-0.25, -0.2) is 8.42 Å². The first-order chi connectivity index (χ1) is 11.5. The van der Waals surface area contributed by atoms with Crippen molar-refractivity contribution in [3.05, 3.63) is 29.8 Å². The van der Waals surface area contributed by atoms with Crippen molar-refractivity contribution in [3.63, 3.8) is 0 Å². The van der Waals surface area contributed by atoms with Crippen molar-refractivity contribution < 1.29 is 8.42 Å². The molecule has 0 unspecified atom stereocenters. The summed E-state index contributed by atoms with van der Waals surface area (Å²) in [6.45, 7) is 5.92. The molecule has 24 heavy (non-hydrogen) atoms. The summed E-state index contributed by atoms with van der Waals surface area (Å²) in [7, 11) is -3.22. The molecule has 0 aliphatic carbocycles. The molecule has 7 nitrogen and oxygen atoms in total. The molecule has 132 valence electrons. The first-order valence-electron chi connectivity index (χ1n) is 8.41. The van der Waals surface area contributed by atoms with E-state index in [4.69, 9.17) is 0 Å². The van der Waals surface area contributed by atoms with Crippen LogP contribution in [0.15, 0.2) is 23.5 Å². The standard InChI is InChI=1S/C16H25N5O2S/c1-3-21-12-14(8-18-21)11-20-6-4-5-13(10-20)7-15-16(9-17-19-15)24(2,22)23/h8-9,12-13H,3-7,10-11H2,1-2H3,(H,17,19)/t13-/m1/s1. The van der Waals surface area contributed by atoms with Gasteiger partial charge in [0, 0.05) is 37.7 Å². The van der Waals surface area contributed by atoms with E-state index in [9.17, 15) is 8.42 Å². The van der Waals surface area contributed by atoms with Gasteiger partial charge in [-0.15, -0.1) is 0 Å². The van der Waals surface area contributed by atoms with Crippen LogP contribution in [0, 0.1) is 5.92 Å². The van der Waals surface area contributed by atoms with Gasteiger partial charge < -0.3 is 0 Å². The predicted octanol–water partition coefficient (Wildman–Crippen LogP) is 1.48. The molecule has 0 amide bonds. The third-order valence-corrected chi connectivity index (χ3v) is 5.74. The van der Waals surface area contributed by atoms with Crippen LogP contribution >= 0.6 is 0 Å².